The highest BCUT2D eigenvalue weighted by Crippen LogP contribution is 2.53. The van der Waals surface area contributed by atoms with Gasteiger partial charge >= 0.3 is 0 Å². The standard InChI is InChI=1S/3C36H45ClN2O7S/c3*1-44-33-8-2-7-31(40)28-12-9-25(28)20-39-21-36(15-3-5-23-17-26(37)11-13-29(23)36)22-46-32-14-10-24(18-30(32)39)35(41)38-47(42,43)34(33)19-27-6-4-16-45-27/h3*2,7,10-11,13-14,17-18,25,27-28,31,33-34,40H,3-6,8-9,12,15-16,19-22H2,1H3,(H,38,41)/b3*7-2+/t2*25-,27+,28+,31-,33+,34+,36-;25-,27-,28+,31-,33-,34-,36-/m000/s1. The topological polar surface area (TPSA) is 343 Å². The van der Waals surface area contributed by atoms with E-state index < -0.39 is 100 Å². The van der Waals surface area contributed by atoms with E-state index in [9.17, 15) is 55.0 Å². The molecular formula is C108H135Cl3N6O21S3. The van der Waals surface area contributed by atoms with Crippen molar-refractivity contribution in [3.8, 4) is 17.2 Å². The van der Waals surface area contributed by atoms with Gasteiger partial charge in [0.15, 0.2) is 0 Å². The molecule has 21 rings (SSSR count). The monoisotopic (exact) mass is 2050 g/mol. The highest BCUT2D eigenvalue weighted by atomic mass is 35.5. The Hall–Kier alpha value is -7.89. The third kappa shape index (κ3) is 22.0. The van der Waals surface area contributed by atoms with Gasteiger partial charge in [0.1, 0.15) is 33.0 Å². The maximum absolute atomic E-state index is 13.9. The summed E-state index contributed by atoms with van der Waals surface area (Å²) in [7, 11) is -8.07. The Morgan fingerprint density at radius 2 is 0.674 bits per heavy atom. The molecule has 762 valence electrons. The molecule has 21 atom stereocenters. The highest BCUT2D eigenvalue weighted by molar-refractivity contribution is 7.91. The molecule has 9 aliphatic heterocycles. The van der Waals surface area contributed by atoms with Crippen LogP contribution in [0.15, 0.2) is 146 Å². The average Bonchev–Trinajstić information content (AvgIpc) is 1.70. The number of nitrogens with zero attached hydrogens (tertiary/aromatic N) is 3. The molecule has 3 saturated heterocycles. The van der Waals surface area contributed by atoms with E-state index >= 15 is 0 Å². The van der Waals surface area contributed by atoms with Crippen LogP contribution in [-0.2, 0) is 94.0 Å². The zero-order valence-electron chi connectivity index (χ0n) is 80.7. The Labute approximate surface area is 844 Å². The molecule has 6 aromatic carbocycles. The van der Waals surface area contributed by atoms with Gasteiger partial charge < -0.3 is 72.7 Å². The third-order valence-electron chi connectivity index (χ3n) is 33.7. The molecule has 141 heavy (non-hydrogen) atoms. The SMILES string of the molecule is CO[C@@H]1C/C=C/[C@H](O)[C@@H]2CC[C@H]2CN2C[C@@]3(CCCc4cc(Cl)ccc43)COc3ccc(cc32)C(=O)NS(=O)(=O)[C@@H]1C[C@H]1CCCO1.CO[C@@H]1C/C=C/[C@H](O)[C@@H]2CC[C@H]2CN2C[C@@]3(CCCc4cc(Cl)ccc43)COc3ccc(cc32)C(=O)NS(=O)(=O)[C@@H]1C[C@H]1CCCO1.CO[C@H]1C/C=C/[C@H](O)[C@@H]2CC[C@H]2CN2C[C@@]3(CCCc4cc(Cl)ccc43)COc3ccc(cc32)C(=O)NS(=O)(=O)[C@H]1C[C@@H]1CCCO1. The Kier molecular flexibility index (Phi) is 31.2. The number of rotatable bonds is 9. The number of ether oxygens (including phenoxy) is 9. The number of methoxy groups -OCH3 is 3. The van der Waals surface area contributed by atoms with E-state index in [1.165, 1.54) is 54.7 Å². The molecule has 9 heterocycles. The number of sulfonamides is 3. The van der Waals surface area contributed by atoms with E-state index in [2.05, 4.69) is 65.3 Å². The quantitative estimate of drug-likeness (QED) is 0.0732. The molecule has 6 fully saturated rings. The lowest BCUT2D eigenvalue weighted by Crippen LogP contribution is -2.49. The van der Waals surface area contributed by atoms with Crippen LogP contribution in [0.1, 0.15) is 219 Å². The zero-order valence-corrected chi connectivity index (χ0v) is 85.4. The molecule has 27 nitrogen and oxygen atoms in total. The van der Waals surface area contributed by atoms with Gasteiger partial charge in [-0.1, -0.05) is 89.5 Å². The van der Waals surface area contributed by atoms with Crippen LogP contribution in [0.4, 0.5) is 17.1 Å². The van der Waals surface area contributed by atoms with E-state index in [0.29, 0.717) is 96.2 Å². The largest absolute Gasteiger partial charge is 0.490 e. The number of aliphatic hydroxyl groups excluding tert-OH is 3. The van der Waals surface area contributed by atoms with Gasteiger partial charge in [-0.2, -0.15) is 0 Å². The Bertz CT molecular complexity index is 5450. The Morgan fingerprint density at radius 3 is 0.929 bits per heavy atom. The van der Waals surface area contributed by atoms with Crippen molar-refractivity contribution in [3.63, 3.8) is 0 Å². The van der Waals surface area contributed by atoms with Gasteiger partial charge in [-0.15, -0.1) is 0 Å². The molecule has 33 heteroatoms. The van der Waals surface area contributed by atoms with Crippen LogP contribution in [-0.4, -0.2) is 229 Å². The first-order valence-electron chi connectivity index (χ1n) is 51.0. The van der Waals surface area contributed by atoms with Crippen LogP contribution in [0.5, 0.6) is 17.2 Å². The average molecular weight is 2060 g/mol. The van der Waals surface area contributed by atoms with Gasteiger partial charge in [0.05, 0.1) is 91.8 Å². The van der Waals surface area contributed by atoms with Crippen LogP contribution in [0.3, 0.4) is 0 Å². The summed E-state index contributed by atoms with van der Waals surface area (Å²) in [5.41, 5.74) is 9.64. The lowest BCUT2D eigenvalue weighted by Gasteiger charge is -2.45. The van der Waals surface area contributed by atoms with Crippen molar-refractivity contribution >= 4 is 99.7 Å². The van der Waals surface area contributed by atoms with Crippen molar-refractivity contribution in [1.29, 1.82) is 0 Å². The molecular weight excluding hydrogens is 1920 g/mol. The molecule has 3 saturated carbocycles. The summed E-state index contributed by atoms with van der Waals surface area (Å²) in [4.78, 5) is 48.2. The predicted molar refractivity (Wildman–Crippen MR) is 542 cm³/mol. The van der Waals surface area contributed by atoms with Crippen molar-refractivity contribution < 1.29 is 97.6 Å². The second-order valence-electron chi connectivity index (χ2n) is 42.3. The summed E-state index contributed by atoms with van der Waals surface area (Å²) in [6.45, 7) is 7.28. The third-order valence-corrected chi connectivity index (χ3v) is 39.7. The number of fused-ring (bicyclic) bond motifs is 12. The van der Waals surface area contributed by atoms with E-state index in [4.69, 9.17) is 77.4 Å². The van der Waals surface area contributed by atoms with E-state index in [1.54, 1.807) is 72.8 Å². The first-order chi connectivity index (χ1) is 68.0. The molecule has 15 aliphatic rings. The van der Waals surface area contributed by atoms with Crippen LogP contribution in [0.2, 0.25) is 15.1 Å². The van der Waals surface area contributed by atoms with Crippen LogP contribution < -0.4 is 43.1 Å². The van der Waals surface area contributed by atoms with Crippen LogP contribution in [0, 0.1) is 35.5 Å². The van der Waals surface area contributed by atoms with Crippen LogP contribution >= 0.6 is 34.8 Å². The summed E-state index contributed by atoms with van der Waals surface area (Å²) >= 11 is 19.2. The lowest BCUT2D eigenvalue weighted by molar-refractivity contribution is 0.0445. The number of aliphatic hydroxyl groups is 3. The van der Waals surface area contributed by atoms with E-state index in [-0.39, 0.29) is 125 Å². The molecule has 6 bridgehead atoms. The summed E-state index contributed by atoms with van der Waals surface area (Å²) in [6.07, 6.45) is 26.9. The minimum atomic E-state index is -4.18. The number of halogens is 3. The molecule has 3 amide bonds. The number of hydrogen-bond donors (Lipinski definition) is 6. The number of nitrogens with one attached hydrogen (secondary N) is 3. The van der Waals surface area contributed by atoms with E-state index in [1.807, 2.05) is 36.4 Å². The molecule has 0 unspecified atom stereocenters. The smallest absolute Gasteiger partial charge is 0.264 e. The number of carbonyl (C=O) groups is 3. The predicted octanol–water partition coefficient (Wildman–Crippen LogP) is 15.5. The van der Waals surface area contributed by atoms with Crippen LogP contribution in [0.25, 0.3) is 0 Å². The van der Waals surface area contributed by atoms with Crippen molar-refractivity contribution in [2.24, 2.45) is 35.5 Å². The van der Waals surface area contributed by atoms with Crippen molar-refractivity contribution in [2.75, 3.05) is 115 Å². The fraction of sp³-hybridized carbons (Fsp3) is 0.583. The van der Waals surface area contributed by atoms with Crippen molar-refractivity contribution in [3.05, 3.63) is 211 Å². The maximum Gasteiger partial charge on any atom is 0.264 e. The van der Waals surface area contributed by atoms with Gasteiger partial charge in [-0.25, -0.2) is 39.4 Å². The molecule has 6 aliphatic carbocycles. The Morgan fingerprint density at radius 1 is 0.383 bits per heavy atom. The molecule has 0 radical (unpaired) electrons. The summed E-state index contributed by atoms with van der Waals surface area (Å²) in [6, 6.07) is 34.0. The number of anilines is 3. The second kappa shape index (κ2) is 43.3. The number of amides is 3. The first-order valence-corrected chi connectivity index (χ1v) is 56.8. The molecule has 6 N–H and O–H groups in total. The normalized spacial score (nSPS) is 34.3. The lowest BCUT2D eigenvalue weighted by atomic mass is 9.68. The maximum atomic E-state index is 13.9. The summed E-state index contributed by atoms with van der Waals surface area (Å²) in [5.74, 6) is 0.855. The number of carbonyl (C=O) groups excluding carboxylic acids is 3. The Balaban J connectivity index is 0.000000134. The summed E-state index contributed by atoms with van der Waals surface area (Å²) in [5, 5.41) is 33.1. The summed E-state index contributed by atoms with van der Waals surface area (Å²) < 4.78 is 145. The number of benzene rings is 6. The minimum absolute atomic E-state index is 0.0686. The van der Waals surface area contributed by atoms with Crippen molar-refractivity contribution in [2.45, 2.75) is 260 Å². The first kappa shape index (κ1) is 102. The van der Waals surface area contributed by atoms with Gasteiger partial charge in [0.25, 0.3) is 17.7 Å². The number of hydrogen-bond acceptors (Lipinski definition) is 24. The molecule has 6 aromatic rings. The molecule has 3 spiro atoms. The second-order valence-corrected chi connectivity index (χ2v) is 49.3. The van der Waals surface area contributed by atoms with Crippen molar-refractivity contribution in [1.82, 2.24) is 14.2 Å². The fourth-order valence-corrected chi connectivity index (χ4v) is 31.0. The molecule has 0 aromatic heterocycles. The van der Waals surface area contributed by atoms with Gasteiger partial charge in [0.2, 0.25) is 30.1 Å². The van der Waals surface area contributed by atoms with Gasteiger partial charge in [-0.05, 0) is 333 Å². The van der Waals surface area contributed by atoms with Gasteiger partial charge in [-0.3, -0.25) is 14.4 Å². The zero-order chi connectivity index (χ0) is 98.3. The van der Waals surface area contributed by atoms with Gasteiger partial charge in [0, 0.05) is 128 Å². The van der Waals surface area contributed by atoms with E-state index in [0.717, 1.165) is 167 Å². The fourth-order valence-electron chi connectivity index (χ4n) is 25.6. The highest BCUT2D eigenvalue weighted by Gasteiger charge is 2.52. The minimum Gasteiger partial charge on any atom is -0.490 e. The number of aryl methyl sites for hydroxylation is 3.